The van der Waals surface area contributed by atoms with Gasteiger partial charge < -0.3 is 9.64 Å². The number of morpholine rings is 1. The van der Waals surface area contributed by atoms with Crippen molar-refractivity contribution in [2.45, 2.75) is 12.5 Å². The van der Waals surface area contributed by atoms with E-state index >= 15 is 0 Å². The summed E-state index contributed by atoms with van der Waals surface area (Å²) in [6, 6.07) is 5.18. The summed E-state index contributed by atoms with van der Waals surface area (Å²) in [4.78, 5) is 14.2. The molecule has 0 bridgehead atoms. The van der Waals surface area contributed by atoms with Gasteiger partial charge in [-0.3, -0.25) is 4.79 Å². The number of nitrogens with zero attached hydrogens (tertiary/aromatic N) is 1. The van der Waals surface area contributed by atoms with Crippen molar-refractivity contribution >= 4 is 29.0 Å². The highest BCUT2D eigenvalue weighted by molar-refractivity contribution is 6.35. The number of benzene rings is 1. The molecule has 1 aromatic carbocycles. The molecule has 0 radical (unpaired) electrons. The van der Waals surface area contributed by atoms with Crippen LogP contribution in [-0.2, 0) is 16.0 Å². The highest BCUT2D eigenvalue weighted by Gasteiger charge is 2.25. The van der Waals surface area contributed by atoms with E-state index in [9.17, 15) is 4.79 Å². The molecular formula is C13H15Cl2NO2. The third-order valence-electron chi connectivity index (χ3n) is 3.01. The zero-order valence-electron chi connectivity index (χ0n) is 10.2. The maximum Gasteiger partial charge on any atom is 0.167 e. The minimum atomic E-state index is -0.351. The standard InChI is InChI=1S/C13H15Cl2NO2/c1-16-4-5-18-13(8-16)12(17)6-9-2-3-10(14)7-11(9)15/h2-3,7,13H,4-6,8H2,1H3. The van der Waals surface area contributed by atoms with Gasteiger partial charge in [-0.15, -0.1) is 0 Å². The molecule has 1 aliphatic heterocycles. The Morgan fingerprint density at radius 1 is 1.50 bits per heavy atom. The molecule has 3 nitrogen and oxygen atoms in total. The summed E-state index contributed by atoms with van der Waals surface area (Å²) in [5.41, 5.74) is 0.794. The van der Waals surface area contributed by atoms with Crippen molar-refractivity contribution in [1.29, 1.82) is 0 Å². The average molecular weight is 288 g/mol. The first-order chi connectivity index (χ1) is 8.56. The highest BCUT2D eigenvalue weighted by atomic mass is 35.5. The molecule has 2 rings (SSSR count). The second-order valence-electron chi connectivity index (χ2n) is 4.50. The van der Waals surface area contributed by atoms with E-state index in [-0.39, 0.29) is 18.3 Å². The lowest BCUT2D eigenvalue weighted by atomic mass is 10.0. The fraction of sp³-hybridized carbons (Fsp3) is 0.462. The van der Waals surface area contributed by atoms with Crippen molar-refractivity contribution < 1.29 is 9.53 Å². The summed E-state index contributed by atoms with van der Waals surface area (Å²) in [5, 5.41) is 1.10. The Balaban J connectivity index is 2.02. The molecule has 1 saturated heterocycles. The number of rotatable bonds is 3. The lowest BCUT2D eigenvalue weighted by molar-refractivity contribution is -0.134. The van der Waals surface area contributed by atoms with E-state index in [1.54, 1.807) is 18.2 Å². The van der Waals surface area contributed by atoms with Crippen molar-refractivity contribution in [3.05, 3.63) is 33.8 Å². The molecule has 1 aliphatic rings. The summed E-state index contributed by atoms with van der Waals surface area (Å²) in [6.07, 6.45) is -0.0652. The lowest BCUT2D eigenvalue weighted by Gasteiger charge is -2.29. The number of carbonyl (C=O) groups is 1. The Labute approximate surface area is 117 Å². The van der Waals surface area contributed by atoms with E-state index in [2.05, 4.69) is 4.90 Å². The second kappa shape index (κ2) is 6.02. The van der Waals surface area contributed by atoms with Gasteiger partial charge in [0.2, 0.25) is 0 Å². The molecule has 1 unspecified atom stereocenters. The molecule has 1 atom stereocenters. The van der Waals surface area contributed by atoms with E-state index in [4.69, 9.17) is 27.9 Å². The fourth-order valence-electron chi connectivity index (χ4n) is 1.94. The third-order valence-corrected chi connectivity index (χ3v) is 3.60. The summed E-state index contributed by atoms with van der Waals surface area (Å²) in [7, 11) is 1.98. The number of ketones is 1. The van der Waals surface area contributed by atoms with Gasteiger partial charge in [-0.1, -0.05) is 29.3 Å². The summed E-state index contributed by atoms with van der Waals surface area (Å²) >= 11 is 11.9. The molecule has 1 heterocycles. The van der Waals surface area contributed by atoms with Gasteiger partial charge in [0.15, 0.2) is 5.78 Å². The number of hydrogen-bond donors (Lipinski definition) is 0. The quantitative estimate of drug-likeness (QED) is 0.855. The lowest BCUT2D eigenvalue weighted by Crippen LogP contribution is -2.44. The highest BCUT2D eigenvalue weighted by Crippen LogP contribution is 2.22. The van der Waals surface area contributed by atoms with Gasteiger partial charge in [-0.05, 0) is 24.7 Å². The largest absolute Gasteiger partial charge is 0.368 e. The van der Waals surface area contributed by atoms with Crippen LogP contribution in [0.2, 0.25) is 10.0 Å². The average Bonchev–Trinajstić information content (AvgIpc) is 2.32. The minimum absolute atomic E-state index is 0.0609. The van der Waals surface area contributed by atoms with Crippen LogP contribution in [0.4, 0.5) is 0 Å². The zero-order valence-corrected chi connectivity index (χ0v) is 11.7. The Hall–Kier alpha value is -0.610. The molecule has 0 saturated carbocycles. The zero-order chi connectivity index (χ0) is 13.1. The van der Waals surface area contributed by atoms with E-state index in [1.807, 2.05) is 7.05 Å². The maximum atomic E-state index is 12.1. The molecular weight excluding hydrogens is 273 g/mol. The Morgan fingerprint density at radius 2 is 2.28 bits per heavy atom. The van der Waals surface area contributed by atoms with Crippen LogP contribution in [0.1, 0.15) is 5.56 Å². The molecule has 98 valence electrons. The first-order valence-corrected chi connectivity index (χ1v) is 6.58. The predicted molar refractivity (Wildman–Crippen MR) is 72.4 cm³/mol. The van der Waals surface area contributed by atoms with Crippen LogP contribution >= 0.6 is 23.2 Å². The fourth-order valence-corrected chi connectivity index (χ4v) is 2.41. The van der Waals surface area contributed by atoms with Crippen LogP contribution in [0.3, 0.4) is 0 Å². The number of ether oxygens (including phenoxy) is 1. The van der Waals surface area contributed by atoms with Gasteiger partial charge in [0.25, 0.3) is 0 Å². The van der Waals surface area contributed by atoms with Crippen LogP contribution in [0.5, 0.6) is 0 Å². The van der Waals surface area contributed by atoms with Crippen molar-refractivity contribution in [1.82, 2.24) is 4.90 Å². The molecule has 5 heteroatoms. The second-order valence-corrected chi connectivity index (χ2v) is 5.34. The molecule has 0 amide bonds. The van der Waals surface area contributed by atoms with E-state index < -0.39 is 0 Å². The molecule has 0 N–H and O–H groups in total. The van der Waals surface area contributed by atoms with E-state index in [1.165, 1.54) is 0 Å². The van der Waals surface area contributed by atoms with Crippen molar-refractivity contribution in [3.8, 4) is 0 Å². The van der Waals surface area contributed by atoms with Crippen LogP contribution in [0.15, 0.2) is 18.2 Å². The van der Waals surface area contributed by atoms with Gasteiger partial charge in [0.05, 0.1) is 6.61 Å². The predicted octanol–water partition coefficient (Wildman–Crippen LogP) is 2.44. The van der Waals surface area contributed by atoms with Gasteiger partial charge >= 0.3 is 0 Å². The van der Waals surface area contributed by atoms with Crippen molar-refractivity contribution in [2.24, 2.45) is 0 Å². The first-order valence-electron chi connectivity index (χ1n) is 5.83. The van der Waals surface area contributed by atoms with Gasteiger partial charge in [-0.2, -0.15) is 0 Å². The van der Waals surface area contributed by atoms with Crippen LogP contribution in [0.25, 0.3) is 0 Å². The monoisotopic (exact) mass is 287 g/mol. The molecule has 0 aliphatic carbocycles. The molecule has 1 fully saturated rings. The van der Waals surface area contributed by atoms with Crippen LogP contribution in [-0.4, -0.2) is 43.5 Å². The Morgan fingerprint density at radius 3 is 2.94 bits per heavy atom. The summed E-state index contributed by atoms with van der Waals surface area (Å²) in [6.45, 7) is 2.11. The molecule has 0 aromatic heterocycles. The number of halogens is 2. The topological polar surface area (TPSA) is 29.5 Å². The molecule has 18 heavy (non-hydrogen) atoms. The Bertz CT molecular complexity index is 451. The van der Waals surface area contributed by atoms with E-state index in [0.29, 0.717) is 23.2 Å². The van der Waals surface area contributed by atoms with E-state index in [0.717, 1.165) is 12.1 Å². The van der Waals surface area contributed by atoms with Crippen molar-refractivity contribution in [3.63, 3.8) is 0 Å². The number of hydrogen-bond acceptors (Lipinski definition) is 3. The van der Waals surface area contributed by atoms with Crippen LogP contribution in [0, 0.1) is 0 Å². The number of Topliss-reactive ketones (excluding diaryl/α,β-unsaturated/α-hetero) is 1. The van der Waals surface area contributed by atoms with Crippen molar-refractivity contribution in [2.75, 3.05) is 26.7 Å². The van der Waals surface area contributed by atoms with Gasteiger partial charge in [-0.25, -0.2) is 0 Å². The molecule has 0 spiro atoms. The maximum absolute atomic E-state index is 12.1. The van der Waals surface area contributed by atoms with Gasteiger partial charge in [0.1, 0.15) is 6.10 Å². The smallest absolute Gasteiger partial charge is 0.167 e. The summed E-state index contributed by atoms with van der Waals surface area (Å²) < 4.78 is 5.49. The summed E-state index contributed by atoms with van der Waals surface area (Å²) in [5.74, 6) is 0.0609. The minimum Gasteiger partial charge on any atom is -0.368 e. The Kier molecular flexibility index (Phi) is 4.62. The normalized spacial score (nSPS) is 20.9. The first kappa shape index (κ1) is 13.8. The third kappa shape index (κ3) is 3.45. The SMILES string of the molecule is CN1CCOC(C(=O)Cc2ccc(Cl)cc2Cl)C1. The van der Waals surface area contributed by atoms with Crippen LogP contribution < -0.4 is 0 Å². The van der Waals surface area contributed by atoms with Gasteiger partial charge in [0, 0.05) is 29.6 Å². The number of likely N-dealkylation sites (N-methyl/N-ethyl adjacent to an activating group) is 1. The molecule has 1 aromatic rings. The number of carbonyl (C=O) groups excluding carboxylic acids is 1.